The Hall–Kier alpha value is -2.89. The fourth-order valence-corrected chi connectivity index (χ4v) is 2.61. The van der Waals surface area contributed by atoms with Crippen LogP contribution in [0.4, 0.5) is 10.5 Å². The molecule has 2 amide bonds. The van der Waals surface area contributed by atoms with Crippen LogP contribution in [0.1, 0.15) is 36.7 Å². The van der Waals surface area contributed by atoms with Gasteiger partial charge in [-0.3, -0.25) is 4.98 Å². The second-order valence-electron chi connectivity index (χ2n) is 6.60. The van der Waals surface area contributed by atoms with Crippen LogP contribution in [-0.4, -0.2) is 32.9 Å². The van der Waals surface area contributed by atoms with Crippen molar-refractivity contribution in [2.24, 2.45) is 0 Å². The van der Waals surface area contributed by atoms with Crippen molar-refractivity contribution in [1.82, 2.24) is 19.9 Å². The Bertz CT molecular complexity index is 900. The predicted octanol–water partition coefficient (Wildman–Crippen LogP) is 4.05. The summed E-state index contributed by atoms with van der Waals surface area (Å²) in [6, 6.07) is 7.48. The first-order valence-corrected chi connectivity index (χ1v) is 8.35. The number of imidazole rings is 1. The van der Waals surface area contributed by atoms with Gasteiger partial charge in [0.05, 0.1) is 11.0 Å². The third kappa shape index (κ3) is 3.79. The summed E-state index contributed by atoms with van der Waals surface area (Å²) in [6.45, 7) is 6.71. The number of nitrogens with zero attached hydrogens (tertiary/aromatic N) is 3. The number of carbonyl (C=O) groups is 1. The lowest BCUT2D eigenvalue weighted by molar-refractivity contribution is 0.220. The molecule has 1 aromatic carbocycles. The maximum Gasteiger partial charge on any atom is 0.321 e. The molecule has 0 fully saturated rings. The molecule has 0 unspecified atom stereocenters. The quantitative estimate of drug-likeness (QED) is 0.754. The molecule has 130 valence electrons. The van der Waals surface area contributed by atoms with Crippen molar-refractivity contribution in [3.8, 4) is 0 Å². The van der Waals surface area contributed by atoms with Crippen LogP contribution in [0.25, 0.3) is 11.0 Å². The van der Waals surface area contributed by atoms with Crippen molar-refractivity contribution >= 4 is 22.8 Å². The van der Waals surface area contributed by atoms with E-state index in [0.29, 0.717) is 12.5 Å². The normalized spacial score (nSPS) is 11.1. The van der Waals surface area contributed by atoms with Gasteiger partial charge in [0, 0.05) is 37.6 Å². The molecule has 2 heterocycles. The molecule has 0 aliphatic carbocycles. The molecule has 0 aliphatic heterocycles. The summed E-state index contributed by atoms with van der Waals surface area (Å²) in [6.07, 6.45) is 3.55. The van der Waals surface area contributed by atoms with Gasteiger partial charge in [0.2, 0.25) is 0 Å². The highest BCUT2D eigenvalue weighted by Gasteiger charge is 2.12. The standard InChI is InChI=1S/C19H23N5O/c1-12(2)18-22-16-6-5-15(9-17(16)23-18)21-19(25)24(4)11-14-7-8-20-10-13(14)3/h5-10,12H,11H2,1-4H3,(H,21,25)(H,22,23). The average molecular weight is 337 g/mol. The highest BCUT2D eigenvalue weighted by atomic mass is 16.2. The molecular formula is C19H23N5O. The van der Waals surface area contributed by atoms with Gasteiger partial charge < -0.3 is 15.2 Å². The number of anilines is 1. The van der Waals surface area contributed by atoms with Gasteiger partial charge in [-0.25, -0.2) is 9.78 Å². The number of aromatic amines is 1. The number of nitrogens with one attached hydrogen (secondary N) is 2. The molecule has 0 saturated carbocycles. The summed E-state index contributed by atoms with van der Waals surface area (Å²) in [4.78, 5) is 26.0. The van der Waals surface area contributed by atoms with Gasteiger partial charge in [0.1, 0.15) is 5.82 Å². The van der Waals surface area contributed by atoms with Gasteiger partial charge in [-0.2, -0.15) is 0 Å². The number of fused-ring (bicyclic) bond motifs is 1. The lowest BCUT2D eigenvalue weighted by atomic mass is 10.1. The molecule has 0 bridgehead atoms. The van der Waals surface area contributed by atoms with Crippen LogP contribution in [0.15, 0.2) is 36.7 Å². The second kappa shape index (κ2) is 6.93. The van der Waals surface area contributed by atoms with Crippen molar-refractivity contribution in [2.75, 3.05) is 12.4 Å². The summed E-state index contributed by atoms with van der Waals surface area (Å²) in [7, 11) is 1.78. The largest absolute Gasteiger partial charge is 0.342 e. The summed E-state index contributed by atoms with van der Waals surface area (Å²) in [5, 5.41) is 2.94. The number of benzene rings is 1. The van der Waals surface area contributed by atoms with E-state index < -0.39 is 0 Å². The zero-order chi connectivity index (χ0) is 18.0. The van der Waals surface area contributed by atoms with Crippen molar-refractivity contribution < 1.29 is 4.79 Å². The molecule has 2 N–H and O–H groups in total. The van der Waals surface area contributed by atoms with E-state index in [2.05, 4.69) is 34.1 Å². The van der Waals surface area contributed by atoms with E-state index in [-0.39, 0.29) is 6.03 Å². The van der Waals surface area contributed by atoms with E-state index in [1.165, 1.54) is 0 Å². The molecule has 6 heteroatoms. The van der Waals surface area contributed by atoms with E-state index in [9.17, 15) is 4.79 Å². The smallest absolute Gasteiger partial charge is 0.321 e. The third-order valence-electron chi connectivity index (χ3n) is 4.19. The van der Waals surface area contributed by atoms with E-state index in [1.54, 1.807) is 24.3 Å². The Balaban J connectivity index is 1.71. The number of pyridine rings is 1. The van der Waals surface area contributed by atoms with Crippen molar-refractivity contribution in [2.45, 2.75) is 33.2 Å². The van der Waals surface area contributed by atoms with E-state index in [1.807, 2.05) is 31.2 Å². The summed E-state index contributed by atoms with van der Waals surface area (Å²) in [5.41, 5.74) is 4.73. The zero-order valence-corrected chi connectivity index (χ0v) is 15.0. The van der Waals surface area contributed by atoms with Crippen molar-refractivity contribution in [3.63, 3.8) is 0 Å². The SMILES string of the molecule is Cc1cnccc1CN(C)C(=O)Nc1ccc2nc(C(C)C)[nH]c2c1. The van der Waals surface area contributed by atoms with Gasteiger partial charge in [0.15, 0.2) is 0 Å². The monoisotopic (exact) mass is 337 g/mol. The highest BCUT2D eigenvalue weighted by molar-refractivity contribution is 5.91. The van der Waals surface area contributed by atoms with Crippen LogP contribution in [0.3, 0.4) is 0 Å². The molecule has 0 saturated heterocycles. The maximum atomic E-state index is 12.5. The van der Waals surface area contributed by atoms with Crippen LogP contribution in [0.5, 0.6) is 0 Å². The lowest BCUT2D eigenvalue weighted by Gasteiger charge is -2.19. The number of amides is 2. The first kappa shape index (κ1) is 17.0. The molecule has 0 radical (unpaired) electrons. The molecule has 0 aliphatic rings. The number of carbonyl (C=O) groups excluding carboxylic acids is 1. The van der Waals surface area contributed by atoms with E-state index in [0.717, 1.165) is 33.7 Å². The Morgan fingerprint density at radius 2 is 2.12 bits per heavy atom. The molecule has 0 atom stereocenters. The van der Waals surface area contributed by atoms with E-state index >= 15 is 0 Å². The number of hydrogen-bond acceptors (Lipinski definition) is 3. The Labute approximate surface area is 147 Å². The van der Waals surface area contributed by atoms with Crippen molar-refractivity contribution in [1.29, 1.82) is 0 Å². The average Bonchev–Trinajstić information content (AvgIpc) is 3.00. The minimum absolute atomic E-state index is 0.154. The number of rotatable bonds is 4. The van der Waals surface area contributed by atoms with Gasteiger partial charge in [-0.1, -0.05) is 13.8 Å². The van der Waals surface area contributed by atoms with Gasteiger partial charge in [-0.15, -0.1) is 0 Å². The van der Waals surface area contributed by atoms with Crippen LogP contribution in [0, 0.1) is 6.92 Å². The number of hydrogen-bond donors (Lipinski definition) is 2. The number of aryl methyl sites for hydroxylation is 1. The molecule has 3 aromatic rings. The van der Waals surface area contributed by atoms with Gasteiger partial charge in [0.25, 0.3) is 0 Å². The molecular weight excluding hydrogens is 314 g/mol. The molecule has 25 heavy (non-hydrogen) atoms. The third-order valence-corrected chi connectivity index (χ3v) is 4.19. The minimum Gasteiger partial charge on any atom is -0.342 e. The van der Waals surface area contributed by atoms with Crippen molar-refractivity contribution in [3.05, 3.63) is 53.6 Å². The Kier molecular flexibility index (Phi) is 4.70. The first-order valence-electron chi connectivity index (χ1n) is 8.35. The molecule has 0 spiro atoms. The van der Waals surface area contributed by atoms with Gasteiger partial charge in [-0.05, 0) is 42.3 Å². The first-order chi connectivity index (χ1) is 11.9. The molecule has 2 aromatic heterocycles. The Morgan fingerprint density at radius 1 is 1.32 bits per heavy atom. The van der Waals surface area contributed by atoms with Crippen LogP contribution in [0.2, 0.25) is 0 Å². The molecule has 3 rings (SSSR count). The lowest BCUT2D eigenvalue weighted by Crippen LogP contribution is -2.31. The predicted molar refractivity (Wildman–Crippen MR) is 99.6 cm³/mol. The summed E-state index contributed by atoms with van der Waals surface area (Å²) >= 11 is 0. The fraction of sp³-hybridized carbons (Fsp3) is 0.316. The highest BCUT2D eigenvalue weighted by Crippen LogP contribution is 2.21. The van der Waals surface area contributed by atoms with Crippen LogP contribution in [-0.2, 0) is 6.54 Å². The van der Waals surface area contributed by atoms with Gasteiger partial charge >= 0.3 is 6.03 Å². The number of aromatic nitrogens is 3. The minimum atomic E-state index is -0.154. The summed E-state index contributed by atoms with van der Waals surface area (Å²) < 4.78 is 0. The van der Waals surface area contributed by atoms with E-state index in [4.69, 9.17) is 0 Å². The molecule has 6 nitrogen and oxygen atoms in total. The van der Waals surface area contributed by atoms with Crippen LogP contribution < -0.4 is 5.32 Å². The topological polar surface area (TPSA) is 73.9 Å². The summed E-state index contributed by atoms with van der Waals surface area (Å²) in [5.74, 6) is 1.28. The van der Waals surface area contributed by atoms with Crippen LogP contribution >= 0.6 is 0 Å². The zero-order valence-electron chi connectivity index (χ0n) is 15.0. The number of urea groups is 1. The second-order valence-corrected chi connectivity index (χ2v) is 6.60. The Morgan fingerprint density at radius 3 is 2.84 bits per heavy atom. The maximum absolute atomic E-state index is 12.5. The fourth-order valence-electron chi connectivity index (χ4n) is 2.61. The number of H-pyrrole nitrogens is 1.